The lowest BCUT2D eigenvalue weighted by Gasteiger charge is -2.30. The van der Waals surface area contributed by atoms with Gasteiger partial charge in [0.2, 0.25) is 5.91 Å². The molecule has 0 spiro atoms. The number of amides is 2. The highest BCUT2D eigenvalue weighted by molar-refractivity contribution is 5.81. The Balaban J connectivity index is 1.83. The summed E-state index contributed by atoms with van der Waals surface area (Å²) in [6.07, 6.45) is 0.580. The van der Waals surface area contributed by atoms with Crippen LogP contribution in [0.1, 0.15) is 32.8 Å². The van der Waals surface area contributed by atoms with Crippen molar-refractivity contribution in [2.45, 2.75) is 45.9 Å². The fourth-order valence-corrected chi connectivity index (χ4v) is 3.05. The first-order chi connectivity index (χ1) is 11.9. The first-order valence-electron chi connectivity index (χ1n) is 8.90. The summed E-state index contributed by atoms with van der Waals surface area (Å²) in [5, 5.41) is 0. The molecule has 1 saturated heterocycles. The molecule has 6 heteroatoms. The summed E-state index contributed by atoms with van der Waals surface area (Å²) in [4.78, 5) is 28.0. The fourth-order valence-electron chi connectivity index (χ4n) is 3.05. The number of hydrogen-bond acceptors (Lipinski definition) is 4. The minimum Gasteiger partial charge on any atom is -0.445 e. The van der Waals surface area contributed by atoms with Crippen LogP contribution in [0, 0.1) is 5.92 Å². The lowest BCUT2D eigenvalue weighted by atomic mass is 10.1. The summed E-state index contributed by atoms with van der Waals surface area (Å²) in [6, 6.07) is 9.23. The lowest BCUT2D eigenvalue weighted by molar-refractivity contribution is -0.134. The highest BCUT2D eigenvalue weighted by Crippen LogP contribution is 2.20. The maximum absolute atomic E-state index is 12.2. The molecule has 2 atom stereocenters. The van der Waals surface area contributed by atoms with Gasteiger partial charge in [0.1, 0.15) is 6.61 Å². The maximum atomic E-state index is 12.2. The van der Waals surface area contributed by atoms with E-state index in [0.717, 1.165) is 12.0 Å². The van der Waals surface area contributed by atoms with Gasteiger partial charge in [0.25, 0.3) is 0 Å². The van der Waals surface area contributed by atoms with Crippen molar-refractivity contribution in [3.8, 4) is 0 Å². The van der Waals surface area contributed by atoms with Crippen LogP contribution in [0.4, 0.5) is 4.79 Å². The minimum absolute atomic E-state index is 0.0416. The van der Waals surface area contributed by atoms with Crippen molar-refractivity contribution in [1.29, 1.82) is 0 Å². The van der Waals surface area contributed by atoms with Crippen LogP contribution in [0.5, 0.6) is 0 Å². The van der Waals surface area contributed by atoms with Gasteiger partial charge in [0, 0.05) is 25.7 Å². The van der Waals surface area contributed by atoms with E-state index in [1.165, 1.54) is 0 Å². The van der Waals surface area contributed by atoms with Crippen LogP contribution < -0.4 is 5.73 Å². The van der Waals surface area contributed by atoms with Gasteiger partial charge in [-0.05, 0) is 38.7 Å². The summed E-state index contributed by atoms with van der Waals surface area (Å²) < 4.78 is 5.38. The number of carbonyl (C=O) groups excluding carboxylic acids is 2. The maximum Gasteiger partial charge on any atom is 0.410 e. The molecule has 2 N–H and O–H groups in total. The van der Waals surface area contributed by atoms with E-state index in [0.29, 0.717) is 19.6 Å². The van der Waals surface area contributed by atoms with Crippen LogP contribution in [-0.2, 0) is 16.1 Å². The number of ether oxygens (including phenoxy) is 1. The number of nitrogens with zero attached hydrogens (tertiary/aromatic N) is 2. The monoisotopic (exact) mass is 347 g/mol. The van der Waals surface area contributed by atoms with Crippen molar-refractivity contribution in [3.05, 3.63) is 35.9 Å². The van der Waals surface area contributed by atoms with E-state index in [1.54, 1.807) is 11.8 Å². The van der Waals surface area contributed by atoms with E-state index in [1.807, 2.05) is 49.1 Å². The summed E-state index contributed by atoms with van der Waals surface area (Å²) in [5.74, 6) is 0.217. The molecule has 6 nitrogen and oxygen atoms in total. The van der Waals surface area contributed by atoms with Gasteiger partial charge in [0.05, 0.1) is 6.04 Å². The third-order valence-electron chi connectivity index (χ3n) is 4.50. The quantitative estimate of drug-likeness (QED) is 0.856. The second-order valence-corrected chi connectivity index (χ2v) is 7.01. The molecule has 25 heavy (non-hydrogen) atoms. The van der Waals surface area contributed by atoms with Crippen molar-refractivity contribution in [2.75, 3.05) is 19.6 Å². The summed E-state index contributed by atoms with van der Waals surface area (Å²) in [5.41, 5.74) is 6.72. The average molecular weight is 347 g/mol. The van der Waals surface area contributed by atoms with Crippen molar-refractivity contribution >= 4 is 12.0 Å². The third-order valence-corrected chi connectivity index (χ3v) is 4.50. The SMILES string of the molecule is CC(C)N(C[C@@H]1CCN(C(=O)OCc2ccccc2)C1)C(=O)[C@H](C)N. The Morgan fingerprint density at radius 1 is 1.28 bits per heavy atom. The fraction of sp³-hybridized carbons (Fsp3) is 0.579. The standard InChI is InChI=1S/C19H29N3O3/c1-14(2)22(18(23)15(3)20)12-17-9-10-21(11-17)19(24)25-13-16-7-5-4-6-8-16/h4-8,14-15,17H,9-13,20H2,1-3H3/t15-,17+/m0/s1. The van der Waals surface area contributed by atoms with Crippen LogP contribution in [-0.4, -0.2) is 53.5 Å². The highest BCUT2D eigenvalue weighted by Gasteiger charge is 2.31. The summed E-state index contributed by atoms with van der Waals surface area (Å²) in [6.45, 7) is 7.87. The molecule has 1 aromatic rings. The van der Waals surface area contributed by atoms with Crippen molar-refractivity contribution in [1.82, 2.24) is 9.80 Å². The predicted octanol–water partition coefficient (Wildman–Crippen LogP) is 2.23. The second kappa shape index (κ2) is 8.85. The normalized spacial score (nSPS) is 18.3. The topological polar surface area (TPSA) is 75.9 Å². The molecule has 138 valence electrons. The second-order valence-electron chi connectivity index (χ2n) is 7.01. The molecule has 0 radical (unpaired) electrons. The molecule has 0 saturated carbocycles. The lowest BCUT2D eigenvalue weighted by Crippen LogP contribution is -2.48. The largest absolute Gasteiger partial charge is 0.445 e. The van der Waals surface area contributed by atoms with Gasteiger partial charge < -0.3 is 20.3 Å². The van der Waals surface area contributed by atoms with Gasteiger partial charge in [-0.15, -0.1) is 0 Å². The molecule has 2 amide bonds. The number of hydrogen-bond donors (Lipinski definition) is 1. The Bertz CT molecular complexity index is 575. The van der Waals surface area contributed by atoms with Crippen molar-refractivity contribution < 1.29 is 14.3 Å². The zero-order chi connectivity index (χ0) is 18.4. The number of likely N-dealkylation sites (tertiary alicyclic amines) is 1. The number of nitrogens with two attached hydrogens (primary N) is 1. The molecule has 0 unspecified atom stereocenters. The molecule has 1 aliphatic rings. The van der Waals surface area contributed by atoms with Gasteiger partial charge in [-0.2, -0.15) is 0 Å². The van der Waals surface area contributed by atoms with E-state index in [4.69, 9.17) is 10.5 Å². The third kappa shape index (κ3) is 5.46. The van der Waals surface area contributed by atoms with Gasteiger partial charge in [-0.25, -0.2) is 4.79 Å². The van der Waals surface area contributed by atoms with Crippen molar-refractivity contribution in [3.63, 3.8) is 0 Å². The predicted molar refractivity (Wildman–Crippen MR) is 96.8 cm³/mol. The van der Waals surface area contributed by atoms with Crippen LogP contribution in [0.3, 0.4) is 0 Å². The van der Waals surface area contributed by atoms with E-state index in [9.17, 15) is 9.59 Å². The van der Waals surface area contributed by atoms with E-state index in [2.05, 4.69) is 0 Å². The van der Waals surface area contributed by atoms with Crippen LogP contribution >= 0.6 is 0 Å². The zero-order valence-corrected chi connectivity index (χ0v) is 15.4. The molecular formula is C19H29N3O3. The number of rotatable bonds is 6. The Morgan fingerprint density at radius 2 is 1.96 bits per heavy atom. The molecular weight excluding hydrogens is 318 g/mol. The van der Waals surface area contributed by atoms with Crippen LogP contribution in [0.25, 0.3) is 0 Å². The Hall–Kier alpha value is -2.08. The van der Waals surface area contributed by atoms with Crippen LogP contribution in [0.2, 0.25) is 0 Å². The van der Waals surface area contributed by atoms with E-state index in [-0.39, 0.29) is 30.6 Å². The molecule has 1 fully saturated rings. The average Bonchev–Trinajstić information content (AvgIpc) is 3.06. The number of benzene rings is 1. The Morgan fingerprint density at radius 3 is 2.56 bits per heavy atom. The Labute approximate surface area is 149 Å². The zero-order valence-electron chi connectivity index (χ0n) is 15.4. The van der Waals surface area contributed by atoms with E-state index >= 15 is 0 Å². The smallest absolute Gasteiger partial charge is 0.410 e. The van der Waals surface area contributed by atoms with Gasteiger partial charge in [-0.1, -0.05) is 30.3 Å². The minimum atomic E-state index is -0.504. The first kappa shape index (κ1) is 19.2. The van der Waals surface area contributed by atoms with E-state index < -0.39 is 6.04 Å². The van der Waals surface area contributed by atoms with Gasteiger partial charge in [-0.3, -0.25) is 4.79 Å². The molecule has 0 aromatic heterocycles. The molecule has 0 aliphatic carbocycles. The van der Waals surface area contributed by atoms with Gasteiger partial charge >= 0.3 is 6.09 Å². The molecule has 0 bridgehead atoms. The molecule has 2 rings (SSSR count). The Kier molecular flexibility index (Phi) is 6.82. The first-order valence-corrected chi connectivity index (χ1v) is 8.90. The van der Waals surface area contributed by atoms with Crippen LogP contribution in [0.15, 0.2) is 30.3 Å². The summed E-state index contributed by atoms with van der Waals surface area (Å²) in [7, 11) is 0. The molecule has 1 aliphatic heterocycles. The number of carbonyl (C=O) groups is 2. The van der Waals surface area contributed by atoms with Gasteiger partial charge in [0.15, 0.2) is 0 Å². The summed E-state index contributed by atoms with van der Waals surface area (Å²) >= 11 is 0. The highest BCUT2D eigenvalue weighted by atomic mass is 16.6. The molecule has 1 aromatic carbocycles. The van der Waals surface area contributed by atoms with Crippen molar-refractivity contribution in [2.24, 2.45) is 11.7 Å². The molecule has 1 heterocycles.